The molecule has 0 spiro atoms. The molecule has 2 aromatic carbocycles. The molecular formula is C21H13BrN2O4. The molecule has 0 saturated heterocycles. The van der Waals surface area contributed by atoms with Gasteiger partial charge in [0.25, 0.3) is 5.91 Å². The molecule has 0 aliphatic carbocycles. The average Bonchev–Trinajstić information content (AvgIpc) is 3.24. The van der Waals surface area contributed by atoms with Crippen LogP contribution in [0.4, 0.5) is 5.69 Å². The van der Waals surface area contributed by atoms with Crippen LogP contribution in [0.2, 0.25) is 0 Å². The highest BCUT2D eigenvalue weighted by Crippen LogP contribution is 2.18. The van der Waals surface area contributed by atoms with Crippen LogP contribution in [0.5, 0.6) is 5.75 Å². The van der Waals surface area contributed by atoms with Crippen molar-refractivity contribution in [3.05, 3.63) is 88.3 Å². The Labute approximate surface area is 169 Å². The van der Waals surface area contributed by atoms with Crippen LogP contribution in [0.3, 0.4) is 0 Å². The van der Waals surface area contributed by atoms with E-state index in [0.717, 1.165) is 4.47 Å². The molecule has 0 aliphatic heterocycles. The lowest BCUT2D eigenvalue weighted by molar-refractivity contribution is -0.112. The van der Waals surface area contributed by atoms with Crippen LogP contribution in [0, 0.1) is 11.3 Å². The Morgan fingerprint density at radius 3 is 2.39 bits per heavy atom. The van der Waals surface area contributed by atoms with Crippen molar-refractivity contribution < 1.29 is 18.7 Å². The van der Waals surface area contributed by atoms with E-state index in [1.54, 1.807) is 54.6 Å². The van der Waals surface area contributed by atoms with Gasteiger partial charge in [0.15, 0.2) is 0 Å². The van der Waals surface area contributed by atoms with Crippen molar-refractivity contribution in [3.63, 3.8) is 0 Å². The zero-order valence-electron chi connectivity index (χ0n) is 14.4. The van der Waals surface area contributed by atoms with E-state index in [0.29, 0.717) is 17.0 Å². The largest absolute Gasteiger partial charge is 0.457 e. The number of hydrogen-bond acceptors (Lipinski definition) is 5. The highest BCUT2D eigenvalue weighted by molar-refractivity contribution is 9.10. The van der Waals surface area contributed by atoms with E-state index in [9.17, 15) is 14.9 Å². The first-order valence-electron chi connectivity index (χ1n) is 8.09. The number of amides is 1. The van der Waals surface area contributed by atoms with Crippen molar-refractivity contribution in [2.75, 3.05) is 5.32 Å². The Kier molecular flexibility index (Phi) is 6.04. The number of esters is 1. The molecule has 0 bridgehead atoms. The number of ether oxygens (including phenoxy) is 1. The number of halogens is 1. The van der Waals surface area contributed by atoms with Gasteiger partial charge in [-0.1, -0.05) is 28.1 Å². The molecule has 1 N–H and O–H groups in total. The van der Waals surface area contributed by atoms with E-state index in [4.69, 9.17) is 9.15 Å². The average molecular weight is 437 g/mol. The van der Waals surface area contributed by atoms with Crippen LogP contribution in [0.15, 0.2) is 81.4 Å². The molecule has 1 aromatic heterocycles. The lowest BCUT2D eigenvalue weighted by Gasteiger charge is -2.05. The van der Waals surface area contributed by atoms with Gasteiger partial charge < -0.3 is 14.5 Å². The van der Waals surface area contributed by atoms with Gasteiger partial charge in [-0.2, -0.15) is 5.26 Å². The monoisotopic (exact) mass is 436 g/mol. The number of rotatable bonds is 5. The first kappa shape index (κ1) is 19.1. The molecule has 0 atom stereocenters. The minimum Gasteiger partial charge on any atom is -0.457 e. The molecule has 0 saturated carbocycles. The smallest absolute Gasteiger partial charge is 0.379 e. The molecule has 1 amide bonds. The summed E-state index contributed by atoms with van der Waals surface area (Å²) in [6.45, 7) is 0. The summed E-state index contributed by atoms with van der Waals surface area (Å²) in [5.41, 5.74) is 1.14. The van der Waals surface area contributed by atoms with Gasteiger partial charge in [0.1, 0.15) is 17.4 Å². The molecule has 0 aliphatic rings. The molecule has 6 nitrogen and oxygen atoms in total. The Morgan fingerprint density at radius 1 is 1.07 bits per heavy atom. The topological polar surface area (TPSA) is 92.3 Å². The summed E-state index contributed by atoms with van der Waals surface area (Å²) in [6, 6.07) is 18.4. The maximum absolute atomic E-state index is 12.3. The lowest BCUT2D eigenvalue weighted by Crippen LogP contribution is -2.13. The van der Waals surface area contributed by atoms with Crippen LogP contribution in [0.25, 0.3) is 6.08 Å². The number of carbonyl (C=O) groups is 2. The predicted molar refractivity (Wildman–Crippen MR) is 106 cm³/mol. The molecular weight excluding hydrogens is 424 g/mol. The molecule has 138 valence electrons. The van der Waals surface area contributed by atoms with Crippen molar-refractivity contribution >= 4 is 39.6 Å². The van der Waals surface area contributed by atoms with Crippen molar-refractivity contribution in [1.82, 2.24) is 0 Å². The van der Waals surface area contributed by atoms with Crippen LogP contribution >= 0.6 is 15.9 Å². The third-order valence-electron chi connectivity index (χ3n) is 3.59. The molecule has 7 heteroatoms. The summed E-state index contributed by atoms with van der Waals surface area (Å²) in [7, 11) is 0. The first-order valence-corrected chi connectivity index (χ1v) is 8.89. The van der Waals surface area contributed by atoms with Crippen molar-refractivity contribution in [2.24, 2.45) is 0 Å². The fraction of sp³-hybridized carbons (Fsp3) is 0. The Bertz CT molecular complexity index is 1050. The second-order valence-electron chi connectivity index (χ2n) is 5.57. The highest BCUT2D eigenvalue weighted by atomic mass is 79.9. The van der Waals surface area contributed by atoms with E-state index in [1.807, 2.05) is 6.07 Å². The predicted octanol–water partition coefficient (Wildman–Crippen LogP) is 4.81. The molecule has 1 heterocycles. The number of nitrogens with zero attached hydrogens (tertiary/aromatic N) is 1. The molecule has 0 fully saturated rings. The number of furan rings is 1. The van der Waals surface area contributed by atoms with Crippen molar-refractivity contribution in [3.8, 4) is 11.8 Å². The number of anilines is 1. The summed E-state index contributed by atoms with van der Waals surface area (Å²) in [6.07, 6.45) is 2.83. The summed E-state index contributed by atoms with van der Waals surface area (Å²) in [5, 5.41) is 12.0. The van der Waals surface area contributed by atoms with Gasteiger partial charge in [-0.05, 0) is 60.2 Å². The van der Waals surface area contributed by atoms with E-state index in [-0.39, 0.29) is 11.3 Å². The molecule has 3 aromatic rings. The van der Waals surface area contributed by atoms with Crippen LogP contribution < -0.4 is 10.1 Å². The number of hydrogen-bond donors (Lipinski definition) is 1. The van der Waals surface area contributed by atoms with Gasteiger partial charge in [0, 0.05) is 10.2 Å². The van der Waals surface area contributed by atoms with Crippen LogP contribution in [-0.4, -0.2) is 11.9 Å². The zero-order chi connectivity index (χ0) is 19.9. The molecule has 3 rings (SSSR count). The van der Waals surface area contributed by atoms with E-state index >= 15 is 0 Å². The number of benzene rings is 2. The number of carbonyl (C=O) groups excluding carboxylic acids is 2. The Balaban J connectivity index is 1.68. The number of nitrogens with one attached hydrogen (secondary N) is 1. The molecule has 28 heavy (non-hydrogen) atoms. The zero-order valence-corrected chi connectivity index (χ0v) is 16.0. The molecule has 0 unspecified atom stereocenters. The Morgan fingerprint density at radius 2 is 1.79 bits per heavy atom. The highest BCUT2D eigenvalue weighted by Gasteiger charge is 2.12. The van der Waals surface area contributed by atoms with Gasteiger partial charge >= 0.3 is 5.97 Å². The SMILES string of the molecule is N#C/C(=C/c1ccc(OC(=O)c2ccco2)cc1)C(=O)Nc1ccc(Br)cc1. The van der Waals surface area contributed by atoms with Gasteiger partial charge in [0.05, 0.1) is 6.26 Å². The quantitative estimate of drug-likeness (QED) is 0.268. The van der Waals surface area contributed by atoms with E-state index in [1.165, 1.54) is 18.4 Å². The van der Waals surface area contributed by atoms with Crippen LogP contribution in [-0.2, 0) is 4.79 Å². The van der Waals surface area contributed by atoms with Crippen molar-refractivity contribution in [1.29, 1.82) is 5.26 Å². The summed E-state index contributed by atoms with van der Waals surface area (Å²) in [4.78, 5) is 24.1. The third-order valence-corrected chi connectivity index (χ3v) is 4.12. The second kappa shape index (κ2) is 8.84. The maximum atomic E-state index is 12.3. The van der Waals surface area contributed by atoms with Crippen molar-refractivity contribution in [2.45, 2.75) is 0 Å². The fourth-order valence-corrected chi connectivity index (χ4v) is 2.50. The van der Waals surface area contributed by atoms with E-state index in [2.05, 4.69) is 21.2 Å². The maximum Gasteiger partial charge on any atom is 0.379 e. The summed E-state index contributed by atoms with van der Waals surface area (Å²) >= 11 is 3.32. The van der Waals surface area contributed by atoms with Gasteiger partial charge in [-0.25, -0.2) is 4.79 Å². The standard InChI is InChI=1S/C21H13BrN2O4/c22-16-5-7-17(8-6-16)24-20(25)15(13-23)12-14-3-9-18(10-4-14)28-21(26)19-2-1-11-27-19/h1-12H,(H,24,25)/b15-12-. The summed E-state index contributed by atoms with van der Waals surface area (Å²) < 4.78 is 11.0. The molecule has 0 radical (unpaired) electrons. The third kappa shape index (κ3) is 4.96. The van der Waals surface area contributed by atoms with E-state index < -0.39 is 11.9 Å². The second-order valence-corrected chi connectivity index (χ2v) is 6.48. The lowest BCUT2D eigenvalue weighted by atomic mass is 10.1. The first-order chi connectivity index (χ1) is 13.5. The number of nitriles is 1. The minimum absolute atomic E-state index is 0.0525. The van der Waals surface area contributed by atoms with Crippen LogP contribution in [0.1, 0.15) is 16.1 Å². The summed E-state index contributed by atoms with van der Waals surface area (Å²) in [5.74, 6) is -0.713. The minimum atomic E-state index is -0.611. The fourth-order valence-electron chi connectivity index (χ4n) is 2.23. The normalized spacial score (nSPS) is 10.8. The van der Waals surface area contributed by atoms with Gasteiger partial charge in [-0.3, -0.25) is 4.79 Å². The van der Waals surface area contributed by atoms with Gasteiger partial charge in [-0.15, -0.1) is 0 Å². The Hall–Kier alpha value is -3.63. The van der Waals surface area contributed by atoms with Gasteiger partial charge in [0.2, 0.25) is 5.76 Å².